The molecule has 0 spiro atoms. The predicted octanol–water partition coefficient (Wildman–Crippen LogP) is 2.36. The standard InChI is InChI=1S/C16H21NO3/c1-11-8-14(16(19)20)10-17(9-11)15(18)12(2)13-6-4-3-5-7-13/h3-7,11-12,14H,8-10H2,1-2H3,(H,19,20)/t11?,12-,14?/m0/s1. The van der Waals surface area contributed by atoms with Gasteiger partial charge in [-0.15, -0.1) is 0 Å². The van der Waals surface area contributed by atoms with Gasteiger partial charge in [-0.25, -0.2) is 0 Å². The molecule has 1 saturated heterocycles. The van der Waals surface area contributed by atoms with Gasteiger partial charge in [0, 0.05) is 13.1 Å². The summed E-state index contributed by atoms with van der Waals surface area (Å²) < 4.78 is 0. The van der Waals surface area contributed by atoms with Crippen molar-refractivity contribution in [3.05, 3.63) is 35.9 Å². The second-order valence-electron chi connectivity index (χ2n) is 5.75. The lowest BCUT2D eigenvalue weighted by Crippen LogP contribution is -2.46. The predicted molar refractivity (Wildman–Crippen MR) is 76.3 cm³/mol. The van der Waals surface area contributed by atoms with Crippen LogP contribution in [0.25, 0.3) is 0 Å². The number of likely N-dealkylation sites (tertiary alicyclic amines) is 1. The minimum atomic E-state index is -0.804. The van der Waals surface area contributed by atoms with Crippen LogP contribution in [0.5, 0.6) is 0 Å². The summed E-state index contributed by atoms with van der Waals surface area (Å²) >= 11 is 0. The zero-order valence-corrected chi connectivity index (χ0v) is 12.0. The summed E-state index contributed by atoms with van der Waals surface area (Å²) in [4.78, 5) is 25.4. The van der Waals surface area contributed by atoms with Gasteiger partial charge >= 0.3 is 5.97 Å². The molecule has 0 radical (unpaired) electrons. The molecule has 0 aliphatic carbocycles. The van der Waals surface area contributed by atoms with Crippen LogP contribution in [-0.4, -0.2) is 35.0 Å². The van der Waals surface area contributed by atoms with Crippen LogP contribution in [0.4, 0.5) is 0 Å². The van der Waals surface area contributed by atoms with Gasteiger partial charge in [0.05, 0.1) is 11.8 Å². The summed E-state index contributed by atoms with van der Waals surface area (Å²) in [6.45, 7) is 4.87. The molecule has 4 heteroatoms. The molecule has 1 N–H and O–H groups in total. The SMILES string of the molecule is CC1CC(C(=O)O)CN(C(=O)[C@@H](C)c2ccccc2)C1. The van der Waals surface area contributed by atoms with Crippen molar-refractivity contribution in [1.82, 2.24) is 4.90 Å². The Kier molecular flexibility index (Phi) is 4.42. The molecule has 2 rings (SSSR count). The van der Waals surface area contributed by atoms with Gasteiger partial charge in [0.15, 0.2) is 0 Å². The summed E-state index contributed by atoms with van der Waals surface area (Å²) in [5.41, 5.74) is 0.975. The van der Waals surface area contributed by atoms with Gasteiger partial charge < -0.3 is 10.0 Å². The molecule has 3 atom stereocenters. The Bertz CT molecular complexity index is 486. The Labute approximate surface area is 119 Å². The van der Waals surface area contributed by atoms with Crippen LogP contribution in [0.1, 0.15) is 31.7 Å². The van der Waals surface area contributed by atoms with Crippen molar-refractivity contribution in [3.63, 3.8) is 0 Å². The summed E-state index contributed by atoms with van der Waals surface area (Å²) in [6, 6.07) is 9.62. The molecule has 0 bridgehead atoms. The Morgan fingerprint density at radius 1 is 1.25 bits per heavy atom. The third-order valence-electron chi connectivity index (χ3n) is 3.99. The first-order chi connectivity index (χ1) is 9.49. The molecule has 1 aromatic carbocycles. The van der Waals surface area contributed by atoms with Crippen molar-refractivity contribution in [2.75, 3.05) is 13.1 Å². The molecule has 1 aromatic rings. The number of amides is 1. The maximum atomic E-state index is 12.5. The van der Waals surface area contributed by atoms with E-state index < -0.39 is 11.9 Å². The highest BCUT2D eigenvalue weighted by molar-refractivity contribution is 5.84. The van der Waals surface area contributed by atoms with Crippen molar-refractivity contribution in [1.29, 1.82) is 0 Å². The van der Waals surface area contributed by atoms with Gasteiger partial charge in [-0.1, -0.05) is 37.3 Å². The number of carboxylic acids is 1. The smallest absolute Gasteiger partial charge is 0.308 e. The second-order valence-corrected chi connectivity index (χ2v) is 5.75. The van der Waals surface area contributed by atoms with Crippen LogP contribution < -0.4 is 0 Å². The molecule has 2 unspecified atom stereocenters. The first-order valence-electron chi connectivity index (χ1n) is 7.05. The van der Waals surface area contributed by atoms with Crippen molar-refractivity contribution in [2.45, 2.75) is 26.2 Å². The van der Waals surface area contributed by atoms with E-state index in [1.807, 2.05) is 44.2 Å². The lowest BCUT2D eigenvalue weighted by molar-refractivity contribution is -0.147. The van der Waals surface area contributed by atoms with Crippen LogP contribution in [0.2, 0.25) is 0 Å². The molecule has 20 heavy (non-hydrogen) atoms. The number of aliphatic carboxylic acids is 1. The average Bonchev–Trinajstić information content (AvgIpc) is 2.46. The fraction of sp³-hybridized carbons (Fsp3) is 0.500. The lowest BCUT2D eigenvalue weighted by Gasteiger charge is -2.36. The molecule has 1 aliphatic rings. The first kappa shape index (κ1) is 14.6. The summed E-state index contributed by atoms with van der Waals surface area (Å²) in [5.74, 6) is -1.21. The molecule has 1 amide bonds. The van der Waals surface area contributed by atoms with E-state index in [9.17, 15) is 14.7 Å². The van der Waals surface area contributed by atoms with Gasteiger partial charge in [-0.05, 0) is 24.8 Å². The van der Waals surface area contributed by atoms with Crippen molar-refractivity contribution < 1.29 is 14.7 Å². The van der Waals surface area contributed by atoms with E-state index in [4.69, 9.17) is 0 Å². The Morgan fingerprint density at radius 2 is 1.90 bits per heavy atom. The summed E-state index contributed by atoms with van der Waals surface area (Å²) in [7, 11) is 0. The highest BCUT2D eigenvalue weighted by Gasteiger charge is 2.33. The normalized spacial score (nSPS) is 24.2. The van der Waals surface area contributed by atoms with E-state index in [-0.39, 0.29) is 17.7 Å². The van der Waals surface area contributed by atoms with Crippen LogP contribution in [-0.2, 0) is 9.59 Å². The minimum absolute atomic E-state index is 0.0222. The van der Waals surface area contributed by atoms with Gasteiger partial charge in [0.25, 0.3) is 0 Å². The van der Waals surface area contributed by atoms with Gasteiger partial charge in [0.1, 0.15) is 0 Å². The molecule has 1 heterocycles. The quantitative estimate of drug-likeness (QED) is 0.921. The number of carboxylic acid groups (broad SMARTS) is 1. The number of carbonyl (C=O) groups is 2. The zero-order valence-electron chi connectivity index (χ0n) is 12.0. The number of carbonyl (C=O) groups excluding carboxylic acids is 1. The van der Waals surface area contributed by atoms with Gasteiger partial charge in [0.2, 0.25) is 5.91 Å². The van der Waals surface area contributed by atoms with Gasteiger partial charge in [-0.2, -0.15) is 0 Å². The number of nitrogens with zero attached hydrogens (tertiary/aromatic N) is 1. The fourth-order valence-corrected chi connectivity index (χ4v) is 2.87. The molecule has 108 valence electrons. The molecule has 0 saturated carbocycles. The zero-order chi connectivity index (χ0) is 14.7. The highest BCUT2D eigenvalue weighted by Crippen LogP contribution is 2.25. The van der Waals surface area contributed by atoms with Crippen LogP contribution >= 0.6 is 0 Å². The molecular formula is C16H21NO3. The number of hydrogen-bond acceptors (Lipinski definition) is 2. The number of benzene rings is 1. The topological polar surface area (TPSA) is 57.6 Å². The minimum Gasteiger partial charge on any atom is -0.481 e. The van der Waals surface area contributed by atoms with Crippen LogP contribution in [0.15, 0.2) is 30.3 Å². The lowest BCUT2D eigenvalue weighted by atomic mass is 9.89. The summed E-state index contributed by atoms with van der Waals surface area (Å²) in [5, 5.41) is 9.17. The Hall–Kier alpha value is -1.84. The maximum absolute atomic E-state index is 12.5. The average molecular weight is 275 g/mol. The van der Waals surface area contributed by atoms with Crippen LogP contribution in [0, 0.1) is 11.8 Å². The first-order valence-corrected chi connectivity index (χ1v) is 7.05. The van der Waals surface area contributed by atoms with E-state index in [2.05, 4.69) is 0 Å². The molecule has 0 aromatic heterocycles. The van der Waals surface area contributed by atoms with E-state index in [1.165, 1.54) is 0 Å². The number of hydrogen-bond donors (Lipinski definition) is 1. The van der Waals surface area contributed by atoms with Gasteiger partial charge in [-0.3, -0.25) is 9.59 Å². The third-order valence-corrected chi connectivity index (χ3v) is 3.99. The largest absolute Gasteiger partial charge is 0.481 e. The van der Waals surface area contributed by atoms with Crippen molar-refractivity contribution in [3.8, 4) is 0 Å². The molecule has 4 nitrogen and oxygen atoms in total. The fourth-order valence-electron chi connectivity index (χ4n) is 2.87. The van der Waals surface area contributed by atoms with E-state index >= 15 is 0 Å². The van der Waals surface area contributed by atoms with E-state index in [0.717, 1.165) is 5.56 Å². The molecular weight excluding hydrogens is 254 g/mol. The van der Waals surface area contributed by atoms with Crippen molar-refractivity contribution in [2.24, 2.45) is 11.8 Å². The van der Waals surface area contributed by atoms with E-state index in [1.54, 1.807) is 4.90 Å². The monoisotopic (exact) mass is 275 g/mol. The second kappa shape index (κ2) is 6.07. The summed E-state index contributed by atoms with van der Waals surface area (Å²) in [6.07, 6.45) is 0.652. The number of rotatable bonds is 3. The third kappa shape index (κ3) is 3.18. The van der Waals surface area contributed by atoms with Crippen molar-refractivity contribution >= 4 is 11.9 Å². The van der Waals surface area contributed by atoms with Crippen LogP contribution in [0.3, 0.4) is 0 Å². The van der Waals surface area contributed by atoms with E-state index in [0.29, 0.717) is 19.5 Å². The Morgan fingerprint density at radius 3 is 2.50 bits per heavy atom. The Balaban J connectivity index is 2.10. The number of piperidine rings is 1. The molecule has 1 aliphatic heterocycles. The molecule has 1 fully saturated rings. The maximum Gasteiger partial charge on any atom is 0.308 e. The highest BCUT2D eigenvalue weighted by atomic mass is 16.4.